The molecule has 0 radical (unpaired) electrons. The van der Waals surface area contributed by atoms with Gasteiger partial charge >= 0.3 is 0 Å². The zero-order valence-corrected chi connectivity index (χ0v) is 28.4. The van der Waals surface area contributed by atoms with E-state index in [1.54, 1.807) is 41.2 Å². The number of hydrogen-bond donors (Lipinski definition) is 1. The second-order valence-corrected chi connectivity index (χ2v) is 14.2. The number of benzene rings is 3. The summed E-state index contributed by atoms with van der Waals surface area (Å²) >= 11 is 12.6. The van der Waals surface area contributed by atoms with E-state index in [0.29, 0.717) is 39.3 Å². The van der Waals surface area contributed by atoms with Crippen LogP contribution in [0.3, 0.4) is 0 Å². The van der Waals surface area contributed by atoms with Crippen molar-refractivity contribution in [2.45, 2.75) is 62.6 Å². The summed E-state index contributed by atoms with van der Waals surface area (Å²) in [4.78, 5) is 16.1. The zero-order chi connectivity index (χ0) is 33.5. The van der Waals surface area contributed by atoms with E-state index in [1.807, 2.05) is 16.9 Å². The SMILES string of the molecule is O=C(Nc1ccc(F)c(-c2cn(C3CCOC4(CCN(Cc5ccccc5)CC4)C3)nn2)c1)c1cnn(-c2ccc(Cl)cc2Cl)c1C1CC1. The van der Waals surface area contributed by atoms with Crippen molar-refractivity contribution in [2.75, 3.05) is 25.0 Å². The van der Waals surface area contributed by atoms with Crippen molar-refractivity contribution in [3.05, 3.63) is 112 Å². The number of piperidine rings is 1. The second kappa shape index (κ2) is 13.3. The average Bonchev–Trinajstić information content (AvgIpc) is 3.65. The largest absolute Gasteiger partial charge is 0.375 e. The highest BCUT2D eigenvalue weighted by Gasteiger charge is 2.41. The lowest BCUT2D eigenvalue weighted by Crippen LogP contribution is -2.49. The molecule has 3 fully saturated rings. The van der Waals surface area contributed by atoms with Gasteiger partial charge in [-0.2, -0.15) is 5.10 Å². The zero-order valence-electron chi connectivity index (χ0n) is 26.9. The molecule has 1 spiro atoms. The van der Waals surface area contributed by atoms with Gasteiger partial charge in [-0.1, -0.05) is 58.7 Å². The smallest absolute Gasteiger partial charge is 0.259 e. The Morgan fingerprint density at radius 3 is 2.61 bits per heavy atom. The van der Waals surface area contributed by atoms with Crippen LogP contribution in [0.1, 0.15) is 72.1 Å². The van der Waals surface area contributed by atoms with Crippen molar-refractivity contribution in [2.24, 2.45) is 0 Å². The summed E-state index contributed by atoms with van der Waals surface area (Å²) in [6.45, 7) is 3.55. The Hall–Kier alpha value is -4.09. The van der Waals surface area contributed by atoms with E-state index in [4.69, 9.17) is 27.9 Å². The molecule has 1 amide bonds. The summed E-state index contributed by atoms with van der Waals surface area (Å²) in [5, 5.41) is 17.2. The van der Waals surface area contributed by atoms with Gasteiger partial charge in [0.2, 0.25) is 0 Å². The molecule has 8 rings (SSSR count). The van der Waals surface area contributed by atoms with Crippen LogP contribution in [0, 0.1) is 5.82 Å². The Morgan fingerprint density at radius 2 is 1.84 bits per heavy atom. The molecule has 9 nitrogen and oxygen atoms in total. The fraction of sp³-hybridized carbons (Fsp3) is 0.351. The maximum absolute atomic E-state index is 15.2. The topological polar surface area (TPSA) is 90.1 Å². The van der Waals surface area contributed by atoms with Crippen LogP contribution >= 0.6 is 23.2 Å². The van der Waals surface area contributed by atoms with Crippen molar-refractivity contribution >= 4 is 34.8 Å². The molecular formula is C37H36Cl2FN7O2. The van der Waals surface area contributed by atoms with Gasteiger partial charge in [0.25, 0.3) is 5.91 Å². The summed E-state index contributed by atoms with van der Waals surface area (Å²) < 4.78 is 25.2. The highest BCUT2D eigenvalue weighted by atomic mass is 35.5. The molecule has 2 aromatic heterocycles. The predicted molar refractivity (Wildman–Crippen MR) is 187 cm³/mol. The number of halogens is 3. The third-order valence-electron chi connectivity index (χ3n) is 10.0. The Kier molecular flexibility index (Phi) is 8.74. The maximum Gasteiger partial charge on any atom is 0.259 e. The lowest BCUT2D eigenvalue weighted by atomic mass is 9.82. The summed E-state index contributed by atoms with van der Waals surface area (Å²) in [5.41, 5.74) is 4.16. The highest BCUT2D eigenvalue weighted by molar-refractivity contribution is 6.35. The first-order valence-corrected chi connectivity index (χ1v) is 17.6. The van der Waals surface area contributed by atoms with Gasteiger partial charge < -0.3 is 10.1 Å². The van der Waals surface area contributed by atoms with E-state index in [0.717, 1.165) is 63.9 Å². The quantitative estimate of drug-likeness (QED) is 0.176. The summed E-state index contributed by atoms with van der Waals surface area (Å²) in [5.74, 6) is -0.579. The van der Waals surface area contributed by atoms with E-state index >= 15 is 4.39 Å². The third kappa shape index (κ3) is 6.75. The summed E-state index contributed by atoms with van der Waals surface area (Å²) in [7, 11) is 0. The Labute approximate surface area is 294 Å². The molecule has 0 bridgehead atoms. The minimum absolute atomic E-state index is 0.105. The molecule has 1 atom stereocenters. The lowest BCUT2D eigenvalue weighted by molar-refractivity contribution is -0.126. The number of hydrogen-bond acceptors (Lipinski definition) is 6. The fourth-order valence-corrected chi connectivity index (χ4v) is 7.73. The van der Waals surface area contributed by atoms with Gasteiger partial charge in [-0.05, 0) is 80.5 Å². The first-order chi connectivity index (χ1) is 23.8. The van der Waals surface area contributed by atoms with Crippen LogP contribution in [0.2, 0.25) is 10.0 Å². The molecule has 12 heteroatoms. The molecular weight excluding hydrogens is 664 g/mol. The average molecular weight is 701 g/mol. The maximum atomic E-state index is 15.2. The normalized spacial score (nSPS) is 19.3. The monoisotopic (exact) mass is 699 g/mol. The molecule has 2 aliphatic heterocycles. The molecule has 3 aromatic carbocycles. The molecule has 5 aromatic rings. The van der Waals surface area contributed by atoms with Crippen LogP contribution in [-0.4, -0.2) is 60.9 Å². The summed E-state index contributed by atoms with van der Waals surface area (Å²) in [6, 6.07) is 20.4. The van der Waals surface area contributed by atoms with Gasteiger partial charge in [0.1, 0.15) is 11.5 Å². The minimum atomic E-state index is -0.442. The van der Waals surface area contributed by atoms with Crippen LogP contribution in [0.15, 0.2) is 79.1 Å². The number of carbonyl (C=O) groups excluding carboxylic acids is 1. The van der Waals surface area contributed by atoms with E-state index in [9.17, 15) is 4.79 Å². The van der Waals surface area contributed by atoms with Crippen LogP contribution in [-0.2, 0) is 11.3 Å². The van der Waals surface area contributed by atoms with Crippen LogP contribution < -0.4 is 5.32 Å². The Morgan fingerprint density at radius 1 is 1.02 bits per heavy atom. The number of likely N-dealkylation sites (tertiary alicyclic amines) is 1. The molecule has 49 heavy (non-hydrogen) atoms. The Bertz CT molecular complexity index is 1990. The second-order valence-electron chi connectivity index (χ2n) is 13.4. The third-order valence-corrected chi connectivity index (χ3v) is 10.6. The molecule has 1 aliphatic carbocycles. The van der Waals surface area contributed by atoms with E-state index < -0.39 is 5.82 Å². The molecule has 1 N–H and O–H groups in total. The van der Waals surface area contributed by atoms with Crippen molar-refractivity contribution in [1.82, 2.24) is 29.7 Å². The Balaban J connectivity index is 0.960. The molecule has 4 heterocycles. The number of amides is 1. The van der Waals surface area contributed by atoms with E-state index in [1.165, 1.54) is 11.6 Å². The van der Waals surface area contributed by atoms with Gasteiger partial charge in [0, 0.05) is 48.4 Å². The molecule has 2 saturated heterocycles. The van der Waals surface area contributed by atoms with Crippen LogP contribution in [0.4, 0.5) is 10.1 Å². The minimum Gasteiger partial charge on any atom is -0.375 e. The first-order valence-electron chi connectivity index (χ1n) is 16.8. The van der Waals surface area contributed by atoms with Gasteiger partial charge in [0.15, 0.2) is 0 Å². The molecule has 3 aliphatic rings. The number of rotatable bonds is 8. The van der Waals surface area contributed by atoms with Crippen LogP contribution in [0.5, 0.6) is 0 Å². The van der Waals surface area contributed by atoms with E-state index in [2.05, 4.69) is 49.9 Å². The summed E-state index contributed by atoms with van der Waals surface area (Å²) in [6.07, 6.45) is 8.84. The lowest BCUT2D eigenvalue weighted by Gasteiger charge is -2.46. The van der Waals surface area contributed by atoms with Gasteiger partial charge in [0.05, 0.1) is 46.0 Å². The number of carbonyl (C=O) groups is 1. The predicted octanol–water partition coefficient (Wildman–Crippen LogP) is 8.09. The van der Waals surface area contributed by atoms with Crippen molar-refractivity contribution in [1.29, 1.82) is 0 Å². The number of nitrogens with zero attached hydrogens (tertiary/aromatic N) is 6. The first kappa shape index (κ1) is 32.1. The van der Waals surface area contributed by atoms with E-state index in [-0.39, 0.29) is 29.0 Å². The fourth-order valence-electron chi connectivity index (χ4n) is 7.24. The standard InChI is InChI=1S/C37H36Cl2FN7O2/c38-26-8-11-34(31(39)18-26)47-35(25-6-7-25)30(21-41-47)36(48)42-27-9-10-32(40)29(19-27)33-23-46(44-43-33)28-12-17-49-37(20-28)13-15-45(16-14-37)22-24-4-2-1-3-5-24/h1-5,8-11,18-19,21,23,25,28H,6-7,12-17,20,22H2,(H,42,48). The number of nitrogens with one attached hydrogen (secondary N) is 1. The van der Waals surface area contributed by atoms with Crippen molar-refractivity contribution in [3.8, 4) is 16.9 Å². The number of ether oxygens (including phenoxy) is 1. The molecule has 252 valence electrons. The number of aromatic nitrogens is 5. The number of anilines is 1. The van der Waals surface area contributed by atoms with Crippen LogP contribution in [0.25, 0.3) is 16.9 Å². The van der Waals surface area contributed by atoms with Crippen molar-refractivity contribution in [3.63, 3.8) is 0 Å². The highest BCUT2D eigenvalue weighted by Crippen LogP contribution is 2.44. The van der Waals surface area contributed by atoms with Gasteiger partial charge in [-0.15, -0.1) is 5.10 Å². The van der Waals surface area contributed by atoms with Crippen molar-refractivity contribution < 1.29 is 13.9 Å². The van der Waals surface area contributed by atoms with Gasteiger partial charge in [-0.3, -0.25) is 9.69 Å². The molecule has 1 unspecified atom stereocenters. The van der Waals surface area contributed by atoms with Gasteiger partial charge in [-0.25, -0.2) is 13.8 Å². The molecule has 1 saturated carbocycles.